The summed E-state index contributed by atoms with van der Waals surface area (Å²) in [6.45, 7) is 1.94. The number of anilines is 1. The fourth-order valence-corrected chi connectivity index (χ4v) is 2.58. The summed E-state index contributed by atoms with van der Waals surface area (Å²) in [5, 5.41) is 7.49. The maximum absolute atomic E-state index is 12.1. The van der Waals surface area contributed by atoms with Crippen LogP contribution in [0, 0.1) is 5.92 Å². The van der Waals surface area contributed by atoms with Crippen molar-refractivity contribution in [3.8, 4) is 5.95 Å². The van der Waals surface area contributed by atoms with Crippen molar-refractivity contribution in [3.05, 3.63) is 33.9 Å². The Labute approximate surface area is 133 Å². The van der Waals surface area contributed by atoms with Gasteiger partial charge in [0.1, 0.15) is 5.82 Å². The first-order valence-electron chi connectivity index (χ1n) is 8.15. The molecular formula is C16H19N5O2. The van der Waals surface area contributed by atoms with Crippen LogP contribution in [-0.2, 0) is 11.2 Å². The van der Waals surface area contributed by atoms with Crippen LogP contribution in [0.2, 0.25) is 0 Å². The van der Waals surface area contributed by atoms with E-state index in [9.17, 15) is 9.59 Å². The average Bonchev–Trinajstić information content (AvgIpc) is 3.43. The zero-order chi connectivity index (χ0) is 16.0. The average molecular weight is 313 g/mol. The Morgan fingerprint density at radius 2 is 2.13 bits per heavy atom. The van der Waals surface area contributed by atoms with E-state index in [1.807, 2.05) is 13.0 Å². The normalized spacial score (nSPS) is 17.3. The first kappa shape index (κ1) is 14.2. The molecule has 2 aliphatic carbocycles. The minimum Gasteiger partial charge on any atom is -0.310 e. The molecule has 2 aromatic rings. The summed E-state index contributed by atoms with van der Waals surface area (Å²) in [5.41, 5.74) is 1.43. The van der Waals surface area contributed by atoms with Crippen molar-refractivity contribution in [2.45, 2.75) is 44.9 Å². The van der Waals surface area contributed by atoms with Crippen LogP contribution in [0.4, 0.5) is 5.82 Å². The number of H-pyrrole nitrogens is 1. The van der Waals surface area contributed by atoms with Crippen molar-refractivity contribution in [3.63, 3.8) is 0 Å². The quantitative estimate of drug-likeness (QED) is 0.879. The Morgan fingerprint density at radius 1 is 1.35 bits per heavy atom. The van der Waals surface area contributed by atoms with E-state index in [4.69, 9.17) is 0 Å². The number of amides is 1. The van der Waals surface area contributed by atoms with E-state index in [-0.39, 0.29) is 17.4 Å². The molecule has 2 saturated carbocycles. The first-order valence-corrected chi connectivity index (χ1v) is 8.15. The van der Waals surface area contributed by atoms with Gasteiger partial charge in [0.2, 0.25) is 11.9 Å². The number of rotatable bonds is 5. The fourth-order valence-electron chi connectivity index (χ4n) is 2.58. The van der Waals surface area contributed by atoms with Crippen LogP contribution in [0.3, 0.4) is 0 Å². The van der Waals surface area contributed by atoms with Crippen LogP contribution in [0.15, 0.2) is 16.9 Å². The molecule has 2 aromatic heterocycles. The van der Waals surface area contributed by atoms with Gasteiger partial charge in [-0.15, -0.1) is 0 Å². The Bertz CT molecular complexity index is 814. The van der Waals surface area contributed by atoms with E-state index in [2.05, 4.69) is 20.4 Å². The Hall–Kier alpha value is -2.44. The smallest absolute Gasteiger partial charge is 0.252 e. The van der Waals surface area contributed by atoms with Gasteiger partial charge in [-0.2, -0.15) is 9.78 Å². The highest BCUT2D eigenvalue weighted by atomic mass is 16.2. The molecule has 0 aliphatic heterocycles. The number of carbonyl (C=O) groups is 1. The molecule has 4 rings (SSSR count). The second kappa shape index (κ2) is 5.33. The monoisotopic (exact) mass is 313 g/mol. The van der Waals surface area contributed by atoms with Gasteiger partial charge in [0, 0.05) is 29.7 Å². The SMILES string of the molecule is CCc1cc(=O)[nH]c(-n2nc(C3CC3)cc2NC(=O)C2CC2)n1. The highest BCUT2D eigenvalue weighted by molar-refractivity contribution is 5.93. The van der Waals surface area contributed by atoms with E-state index in [1.54, 1.807) is 4.68 Å². The van der Waals surface area contributed by atoms with Crippen LogP contribution in [-0.4, -0.2) is 25.7 Å². The summed E-state index contributed by atoms with van der Waals surface area (Å²) < 4.78 is 1.55. The zero-order valence-corrected chi connectivity index (χ0v) is 13.0. The number of nitrogens with zero attached hydrogens (tertiary/aromatic N) is 3. The minimum absolute atomic E-state index is 0.0162. The van der Waals surface area contributed by atoms with E-state index < -0.39 is 0 Å². The van der Waals surface area contributed by atoms with Crippen LogP contribution in [0.25, 0.3) is 5.95 Å². The number of carbonyl (C=O) groups excluding carboxylic acids is 1. The third-order valence-corrected chi connectivity index (χ3v) is 4.27. The first-order chi connectivity index (χ1) is 11.1. The molecule has 0 aromatic carbocycles. The molecule has 0 radical (unpaired) electrons. The number of hydrogen-bond donors (Lipinski definition) is 2. The maximum Gasteiger partial charge on any atom is 0.252 e. The molecule has 0 spiro atoms. The predicted octanol–water partition coefficient (Wildman–Crippen LogP) is 1.74. The number of aromatic amines is 1. The molecule has 0 saturated heterocycles. The number of nitrogens with one attached hydrogen (secondary N) is 2. The van der Waals surface area contributed by atoms with Crippen LogP contribution in [0.1, 0.15) is 49.9 Å². The maximum atomic E-state index is 12.1. The van der Waals surface area contributed by atoms with Gasteiger partial charge < -0.3 is 5.32 Å². The molecule has 2 aliphatic rings. The summed E-state index contributed by atoms with van der Waals surface area (Å²) >= 11 is 0. The summed E-state index contributed by atoms with van der Waals surface area (Å²) in [7, 11) is 0. The van der Waals surface area contributed by atoms with E-state index in [0.717, 1.165) is 31.4 Å². The lowest BCUT2D eigenvalue weighted by Crippen LogP contribution is -2.20. The fraction of sp³-hybridized carbons (Fsp3) is 0.500. The molecule has 2 heterocycles. The summed E-state index contributed by atoms with van der Waals surface area (Å²) in [4.78, 5) is 31.1. The Kier molecular flexibility index (Phi) is 3.28. The third kappa shape index (κ3) is 2.91. The predicted molar refractivity (Wildman–Crippen MR) is 84.7 cm³/mol. The van der Waals surface area contributed by atoms with Crippen LogP contribution < -0.4 is 10.9 Å². The Balaban J connectivity index is 1.74. The zero-order valence-electron chi connectivity index (χ0n) is 13.0. The van der Waals surface area contributed by atoms with Gasteiger partial charge in [-0.25, -0.2) is 4.98 Å². The van der Waals surface area contributed by atoms with Gasteiger partial charge in [0.05, 0.1) is 5.69 Å². The van der Waals surface area contributed by atoms with Gasteiger partial charge in [0.25, 0.3) is 5.56 Å². The standard InChI is InChI=1S/C16H19N5O2/c1-2-11-7-14(22)19-16(17-11)21-13(18-15(23)10-5-6-10)8-12(20-21)9-3-4-9/h7-10H,2-6H2,1H3,(H,18,23)(H,17,19,22). The number of aryl methyl sites for hydroxylation is 1. The molecule has 23 heavy (non-hydrogen) atoms. The minimum atomic E-state index is -0.213. The van der Waals surface area contributed by atoms with Crippen molar-refractivity contribution in [1.82, 2.24) is 19.7 Å². The van der Waals surface area contributed by atoms with Crippen molar-refractivity contribution >= 4 is 11.7 Å². The van der Waals surface area contributed by atoms with Crippen molar-refractivity contribution < 1.29 is 4.79 Å². The number of hydrogen-bond acceptors (Lipinski definition) is 4. The van der Waals surface area contributed by atoms with Crippen molar-refractivity contribution in [2.75, 3.05) is 5.32 Å². The molecule has 2 fully saturated rings. The molecular weight excluding hydrogens is 294 g/mol. The van der Waals surface area contributed by atoms with Gasteiger partial charge in [-0.3, -0.25) is 14.6 Å². The van der Waals surface area contributed by atoms with Gasteiger partial charge >= 0.3 is 0 Å². The molecule has 0 unspecified atom stereocenters. The molecule has 1 amide bonds. The lowest BCUT2D eigenvalue weighted by Gasteiger charge is -2.08. The van der Waals surface area contributed by atoms with Crippen molar-refractivity contribution in [1.29, 1.82) is 0 Å². The molecule has 120 valence electrons. The highest BCUT2D eigenvalue weighted by Gasteiger charge is 2.32. The Morgan fingerprint density at radius 3 is 2.78 bits per heavy atom. The van der Waals surface area contributed by atoms with Gasteiger partial charge in [0.15, 0.2) is 0 Å². The summed E-state index contributed by atoms with van der Waals surface area (Å²) in [6, 6.07) is 3.38. The van der Waals surface area contributed by atoms with Gasteiger partial charge in [-0.1, -0.05) is 6.92 Å². The third-order valence-electron chi connectivity index (χ3n) is 4.27. The largest absolute Gasteiger partial charge is 0.310 e. The molecule has 7 heteroatoms. The lowest BCUT2D eigenvalue weighted by molar-refractivity contribution is -0.117. The van der Waals surface area contributed by atoms with E-state index in [1.165, 1.54) is 6.07 Å². The second-order valence-electron chi connectivity index (χ2n) is 6.32. The second-order valence-corrected chi connectivity index (χ2v) is 6.32. The summed E-state index contributed by atoms with van der Waals surface area (Å²) in [6.07, 6.45) is 4.78. The molecule has 7 nitrogen and oxygen atoms in total. The number of aromatic nitrogens is 4. The van der Waals surface area contributed by atoms with E-state index in [0.29, 0.717) is 29.8 Å². The molecule has 2 N–H and O–H groups in total. The molecule has 0 atom stereocenters. The van der Waals surface area contributed by atoms with Gasteiger partial charge in [-0.05, 0) is 32.1 Å². The summed E-state index contributed by atoms with van der Waals surface area (Å²) in [5.74, 6) is 1.51. The highest BCUT2D eigenvalue weighted by Crippen LogP contribution is 2.40. The van der Waals surface area contributed by atoms with Crippen LogP contribution >= 0.6 is 0 Å². The lowest BCUT2D eigenvalue weighted by atomic mass is 10.3. The topological polar surface area (TPSA) is 92.7 Å². The van der Waals surface area contributed by atoms with Crippen molar-refractivity contribution in [2.24, 2.45) is 5.92 Å². The van der Waals surface area contributed by atoms with E-state index >= 15 is 0 Å². The molecule has 0 bridgehead atoms. The van der Waals surface area contributed by atoms with Crippen LogP contribution in [0.5, 0.6) is 0 Å².